The number of aryl methyl sites for hydroxylation is 1. The molecule has 0 atom stereocenters. The van der Waals surface area contributed by atoms with Gasteiger partial charge in [0.05, 0.1) is 18.8 Å². The van der Waals surface area contributed by atoms with Crippen LogP contribution in [0.1, 0.15) is 23.9 Å². The van der Waals surface area contributed by atoms with Gasteiger partial charge in [0.2, 0.25) is 0 Å². The van der Waals surface area contributed by atoms with E-state index in [9.17, 15) is 0 Å². The quantitative estimate of drug-likeness (QED) is 0.717. The van der Waals surface area contributed by atoms with E-state index in [1.54, 1.807) is 0 Å². The van der Waals surface area contributed by atoms with Gasteiger partial charge < -0.3 is 5.11 Å². The van der Waals surface area contributed by atoms with E-state index in [0.717, 1.165) is 29.1 Å². The van der Waals surface area contributed by atoms with E-state index >= 15 is 0 Å². The maximum absolute atomic E-state index is 9.07. The van der Waals surface area contributed by atoms with Crippen LogP contribution in [-0.4, -0.2) is 14.9 Å². The molecule has 0 saturated carbocycles. The number of hydrogen-bond acceptors (Lipinski definition) is 2. The lowest BCUT2D eigenvalue weighted by Crippen LogP contribution is -2.03. The minimum atomic E-state index is 0.0634. The Kier molecular flexibility index (Phi) is 2.88. The summed E-state index contributed by atoms with van der Waals surface area (Å²) in [6.07, 6.45) is 0. The van der Waals surface area contributed by atoms with Crippen molar-refractivity contribution >= 4 is 0 Å². The summed E-state index contributed by atoms with van der Waals surface area (Å²) in [7, 11) is 0. The second-order valence-corrected chi connectivity index (χ2v) is 3.42. The normalized spacial score (nSPS) is 10.5. The highest BCUT2D eigenvalue weighted by Gasteiger charge is 2.09. The molecule has 0 aliphatic rings. The molecule has 13 heavy (non-hydrogen) atoms. The third-order valence-electron chi connectivity index (χ3n) is 2.11. The molecule has 0 bridgehead atoms. The highest BCUT2D eigenvalue weighted by atomic mass is 16.3. The second kappa shape index (κ2) is 3.75. The third kappa shape index (κ3) is 1.98. The fourth-order valence-electron chi connectivity index (χ4n) is 1.37. The number of rotatable bonds is 3. The van der Waals surface area contributed by atoms with Crippen molar-refractivity contribution in [1.29, 1.82) is 0 Å². The standard InChI is InChI=1S/C10H16N2O/c1-7(2)5-12-9(4)10(6-13)8(3)11-12/h13H,1,5-6H2,2-4H3. The zero-order valence-corrected chi connectivity index (χ0v) is 8.46. The number of allylic oxidation sites excluding steroid dienone is 1. The first kappa shape index (κ1) is 9.99. The molecule has 1 aromatic rings. The predicted molar refractivity (Wildman–Crippen MR) is 52.4 cm³/mol. The SMILES string of the molecule is C=C(C)Cn1nc(C)c(CO)c1C. The summed E-state index contributed by atoms with van der Waals surface area (Å²) in [4.78, 5) is 0. The summed E-state index contributed by atoms with van der Waals surface area (Å²) < 4.78 is 1.88. The van der Waals surface area contributed by atoms with Gasteiger partial charge in [0.1, 0.15) is 0 Å². The number of hydrogen-bond donors (Lipinski definition) is 1. The molecule has 0 spiro atoms. The summed E-state index contributed by atoms with van der Waals surface area (Å²) >= 11 is 0. The van der Waals surface area contributed by atoms with Crippen molar-refractivity contribution in [2.45, 2.75) is 33.9 Å². The molecule has 0 aliphatic carbocycles. The van der Waals surface area contributed by atoms with Crippen molar-refractivity contribution in [3.63, 3.8) is 0 Å². The number of aromatic nitrogens is 2. The molecule has 0 fully saturated rings. The van der Waals surface area contributed by atoms with Gasteiger partial charge in [-0.1, -0.05) is 12.2 Å². The molecule has 72 valence electrons. The third-order valence-corrected chi connectivity index (χ3v) is 2.11. The van der Waals surface area contributed by atoms with Crippen molar-refractivity contribution < 1.29 is 5.11 Å². The molecule has 0 saturated heterocycles. The minimum Gasteiger partial charge on any atom is -0.392 e. The van der Waals surface area contributed by atoms with Gasteiger partial charge in [-0.3, -0.25) is 4.68 Å². The van der Waals surface area contributed by atoms with Crippen molar-refractivity contribution in [2.24, 2.45) is 0 Å². The van der Waals surface area contributed by atoms with Gasteiger partial charge in [-0.25, -0.2) is 0 Å². The first-order valence-electron chi connectivity index (χ1n) is 4.34. The Labute approximate surface area is 78.7 Å². The lowest BCUT2D eigenvalue weighted by Gasteiger charge is -2.03. The van der Waals surface area contributed by atoms with Crippen molar-refractivity contribution in [3.05, 3.63) is 29.1 Å². The molecule has 0 amide bonds. The van der Waals surface area contributed by atoms with Crippen LogP contribution in [0.15, 0.2) is 12.2 Å². The molecule has 1 rings (SSSR count). The molecule has 0 aliphatic heterocycles. The summed E-state index contributed by atoms with van der Waals surface area (Å²) in [5.74, 6) is 0. The lowest BCUT2D eigenvalue weighted by molar-refractivity contribution is 0.280. The predicted octanol–water partition coefficient (Wildman–Crippen LogP) is 1.57. The van der Waals surface area contributed by atoms with E-state index in [4.69, 9.17) is 5.11 Å². The Balaban J connectivity index is 3.03. The van der Waals surface area contributed by atoms with Crippen LogP contribution in [0.2, 0.25) is 0 Å². The summed E-state index contributed by atoms with van der Waals surface area (Å²) in [5, 5.41) is 13.4. The maximum atomic E-state index is 9.07. The summed E-state index contributed by atoms with van der Waals surface area (Å²) in [6, 6.07) is 0. The van der Waals surface area contributed by atoms with E-state index in [-0.39, 0.29) is 6.61 Å². The molecule has 3 nitrogen and oxygen atoms in total. The Morgan fingerprint density at radius 3 is 2.54 bits per heavy atom. The number of aliphatic hydroxyl groups excluding tert-OH is 1. The molecule has 1 heterocycles. The molecule has 0 radical (unpaired) electrons. The molecule has 3 heteroatoms. The Hall–Kier alpha value is -1.09. The highest BCUT2D eigenvalue weighted by molar-refractivity contribution is 5.23. The van der Waals surface area contributed by atoms with Crippen LogP contribution in [0.4, 0.5) is 0 Å². The van der Waals surface area contributed by atoms with Gasteiger partial charge in [0.15, 0.2) is 0 Å². The monoisotopic (exact) mass is 180 g/mol. The molecule has 1 aromatic heterocycles. The first-order valence-corrected chi connectivity index (χ1v) is 4.34. The van der Waals surface area contributed by atoms with Crippen LogP contribution >= 0.6 is 0 Å². The zero-order valence-electron chi connectivity index (χ0n) is 8.46. The second-order valence-electron chi connectivity index (χ2n) is 3.42. The smallest absolute Gasteiger partial charge is 0.0718 e. The summed E-state index contributed by atoms with van der Waals surface area (Å²) in [5.41, 5.74) is 3.93. The van der Waals surface area contributed by atoms with Crippen LogP contribution in [0.5, 0.6) is 0 Å². The Morgan fingerprint density at radius 2 is 2.15 bits per heavy atom. The average molecular weight is 180 g/mol. The maximum Gasteiger partial charge on any atom is 0.0718 e. The topological polar surface area (TPSA) is 38.0 Å². The Morgan fingerprint density at radius 1 is 1.54 bits per heavy atom. The van der Waals surface area contributed by atoms with Gasteiger partial charge >= 0.3 is 0 Å². The van der Waals surface area contributed by atoms with Crippen LogP contribution < -0.4 is 0 Å². The Bertz CT molecular complexity index is 326. The molecule has 0 unspecified atom stereocenters. The van der Waals surface area contributed by atoms with Crippen LogP contribution in [0.25, 0.3) is 0 Å². The fraction of sp³-hybridized carbons (Fsp3) is 0.500. The van der Waals surface area contributed by atoms with Gasteiger partial charge in [0.25, 0.3) is 0 Å². The van der Waals surface area contributed by atoms with Gasteiger partial charge in [-0.05, 0) is 20.8 Å². The highest BCUT2D eigenvalue weighted by Crippen LogP contribution is 2.13. The van der Waals surface area contributed by atoms with E-state index < -0.39 is 0 Å². The van der Waals surface area contributed by atoms with Crippen molar-refractivity contribution in [3.8, 4) is 0 Å². The van der Waals surface area contributed by atoms with E-state index in [1.807, 2.05) is 25.5 Å². The molecular weight excluding hydrogens is 164 g/mol. The van der Waals surface area contributed by atoms with Crippen LogP contribution in [-0.2, 0) is 13.2 Å². The van der Waals surface area contributed by atoms with Crippen LogP contribution in [0.3, 0.4) is 0 Å². The van der Waals surface area contributed by atoms with E-state index in [0.29, 0.717) is 0 Å². The van der Waals surface area contributed by atoms with Gasteiger partial charge in [-0.2, -0.15) is 5.10 Å². The molecular formula is C10H16N2O. The summed E-state index contributed by atoms with van der Waals surface area (Å²) in [6.45, 7) is 10.5. The largest absolute Gasteiger partial charge is 0.392 e. The number of nitrogens with zero attached hydrogens (tertiary/aromatic N) is 2. The molecule has 1 N–H and O–H groups in total. The minimum absolute atomic E-state index is 0.0634. The van der Waals surface area contributed by atoms with Crippen LogP contribution in [0, 0.1) is 13.8 Å². The van der Waals surface area contributed by atoms with Crippen molar-refractivity contribution in [1.82, 2.24) is 9.78 Å². The number of aliphatic hydroxyl groups is 1. The zero-order chi connectivity index (χ0) is 10.0. The average Bonchev–Trinajstić information content (AvgIpc) is 2.26. The fourth-order valence-corrected chi connectivity index (χ4v) is 1.37. The van der Waals surface area contributed by atoms with Gasteiger partial charge in [0, 0.05) is 11.3 Å². The van der Waals surface area contributed by atoms with E-state index in [2.05, 4.69) is 11.7 Å². The molecule has 0 aromatic carbocycles. The lowest BCUT2D eigenvalue weighted by atomic mass is 10.2. The van der Waals surface area contributed by atoms with E-state index in [1.165, 1.54) is 0 Å². The first-order chi connectivity index (χ1) is 6.06. The van der Waals surface area contributed by atoms with Gasteiger partial charge in [-0.15, -0.1) is 0 Å². The van der Waals surface area contributed by atoms with Crippen molar-refractivity contribution in [2.75, 3.05) is 0 Å².